The molecule has 0 bridgehead atoms. The van der Waals surface area contributed by atoms with Gasteiger partial charge in [0.05, 0.1) is 11.5 Å². The summed E-state index contributed by atoms with van der Waals surface area (Å²) in [6, 6.07) is 6.31. The van der Waals surface area contributed by atoms with Crippen LogP contribution in [0.2, 0.25) is 5.02 Å². The number of ketones is 1. The average Bonchev–Trinajstić information content (AvgIpc) is 2.90. The summed E-state index contributed by atoms with van der Waals surface area (Å²) in [5.74, 6) is -0.101. The number of carbonyl (C=O) groups is 2. The maximum Gasteiger partial charge on any atom is 0.223 e. The summed E-state index contributed by atoms with van der Waals surface area (Å²) < 4.78 is 23.3. The minimum Gasteiger partial charge on any atom is -0.339 e. The van der Waals surface area contributed by atoms with Gasteiger partial charge < -0.3 is 4.90 Å². The number of Topliss-reactive ketones (excluding diaryl/α,β-unsaturated/α-hetero) is 1. The predicted octanol–water partition coefficient (Wildman–Crippen LogP) is 2.73. The first kappa shape index (κ1) is 18.9. The maximum atomic E-state index is 12.5. The first-order chi connectivity index (χ1) is 11.3. The molecular formula is C17H22ClNO4S. The maximum absolute atomic E-state index is 12.5. The van der Waals surface area contributed by atoms with Gasteiger partial charge in [-0.1, -0.05) is 18.5 Å². The molecule has 7 heteroatoms. The number of rotatable bonds is 7. The van der Waals surface area contributed by atoms with Crippen LogP contribution in [-0.4, -0.2) is 49.1 Å². The van der Waals surface area contributed by atoms with Crippen molar-refractivity contribution in [2.75, 3.05) is 18.1 Å². The van der Waals surface area contributed by atoms with E-state index in [0.29, 0.717) is 23.6 Å². The number of amides is 1. The van der Waals surface area contributed by atoms with Gasteiger partial charge in [0.25, 0.3) is 0 Å². The molecule has 0 N–H and O–H groups in total. The Morgan fingerprint density at radius 1 is 1.21 bits per heavy atom. The van der Waals surface area contributed by atoms with Crippen molar-refractivity contribution in [3.8, 4) is 0 Å². The van der Waals surface area contributed by atoms with E-state index in [9.17, 15) is 18.0 Å². The molecule has 1 aromatic carbocycles. The molecule has 1 atom stereocenters. The molecule has 132 valence electrons. The second-order valence-electron chi connectivity index (χ2n) is 6.07. The van der Waals surface area contributed by atoms with Crippen LogP contribution in [0.3, 0.4) is 0 Å². The smallest absolute Gasteiger partial charge is 0.223 e. The first-order valence-electron chi connectivity index (χ1n) is 8.11. The number of carbonyl (C=O) groups excluding carboxylic acids is 2. The Morgan fingerprint density at radius 2 is 1.88 bits per heavy atom. The van der Waals surface area contributed by atoms with Gasteiger partial charge >= 0.3 is 0 Å². The third kappa shape index (κ3) is 5.05. The summed E-state index contributed by atoms with van der Waals surface area (Å²) >= 11 is 5.79. The van der Waals surface area contributed by atoms with Crippen LogP contribution in [0.15, 0.2) is 24.3 Å². The zero-order valence-electron chi connectivity index (χ0n) is 13.7. The molecule has 0 saturated carbocycles. The van der Waals surface area contributed by atoms with Crippen LogP contribution in [0.25, 0.3) is 0 Å². The third-order valence-electron chi connectivity index (χ3n) is 4.17. The van der Waals surface area contributed by atoms with Gasteiger partial charge in [-0.25, -0.2) is 8.42 Å². The quantitative estimate of drug-likeness (QED) is 0.691. The van der Waals surface area contributed by atoms with Gasteiger partial charge in [-0.2, -0.15) is 0 Å². The molecule has 1 amide bonds. The van der Waals surface area contributed by atoms with Crippen molar-refractivity contribution in [1.82, 2.24) is 4.90 Å². The van der Waals surface area contributed by atoms with Crippen molar-refractivity contribution >= 4 is 33.1 Å². The third-order valence-corrected chi connectivity index (χ3v) is 6.17. The highest BCUT2D eigenvalue weighted by atomic mass is 35.5. The van der Waals surface area contributed by atoms with Crippen LogP contribution in [0.1, 0.15) is 43.0 Å². The highest BCUT2D eigenvalue weighted by Gasteiger charge is 2.34. The topological polar surface area (TPSA) is 71.5 Å². The number of hydrogen-bond acceptors (Lipinski definition) is 4. The van der Waals surface area contributed by atoms with Gasteiger partial charge in [-0.3, -0.25) is 9.59 Å². The summed E-state index contributed by atoms with van der Waals surface area (Å²) in [6.07, 6.45) is 1.45. The molecule has 1 aliphatic rings. The molecule has 0 aliphatic carbocycles. The molecule has 0 aromatic heterocycles. The fraction of sp³-hybridized carbons (Fsp3) is 0.529. The lowest BCUT2D eigenvalue weighted by molar-refractivity contribution is -0.133. The normalized spacial score (nSPS) is 19.2. The Hall–Kier alpha value is -1.40. The lowest BCUT2D eigenvalue weighted by Crippen LogP contribution is -2.41. The van der Waals surface area contributed by atoms with E-state index in [4.69, 9.17) is 11.6 Å². The van der Waals surface area contributed by atoms with Crippen molar-refractivity contribution in [1.29, 1.82) is 0 Å². The molecule has 0 spiro atoms. The number of hydrogen-bond donors (Lipinski definition) is 0. The van der Waals surface area contributed by atoms with Crippen molar-refractivity contribution < 1.29 is 18.0 Å². The largest absolute Gasteiger partial charge is 0.339 e. The van der Waals surface area contributed by atoms with E-state index in [1.165, 1.54) is 0 Å². The van der Waals surface area contributed by atoms with E-state index in [0.717, 1.165) is 6.42 Å². The molecule has 0 radical (unpaired) electrons. The number of benzene rings is 1. The lowest BCUT2D eigenvalue weighted by Gasteiger charge is -2.28. The van der Waals surface area contributed by atoms with E-state index in [2.05, 4.69) is 0 Å². The summed E-state index contributed by atoms with van der Waals surface area (Å²) in [7, 11) is -3.04. The highest BCUT2D eigenvalue weighted by Crippen LogP contribution is 2.20. The molecule has 1 aromatic rings. The first-order valence-corrected chi connectivity index (χ1v) is 10.3. The van der Waals surface area contributed by atoms with Crippen LogP contribution >= 0.6 is 11.6 Å². The molecule has 1 saturated heterocycles. The standard InChI is InChI=1S/C17H22ClNO4S/c1-2-10-19(15-9-11-24(22,23)12-15)17(21)8-7-16(20)13-3-5-14(18)6-4-13/h3-6,15H,2,7-12H2,1H3. The van der Waals surface area contributed by atoms with E-state index in [1.54, 1.807) is 29.2 Å². The van der Waals surface area contributed by atoms with E-state index in [-0.39, 0.29) is 42.1 Å². The Kier molecular flexibility index (Phi) is 6.40. The van der Waals surface area contributed by atoms with Crippen molar-refractivity contribution in [2.45, 2.75) is 38.6 Å². The fourth-order valence-electron chi connectivity index (χ4n) is 2.92. The summed E-state index contributed by atoms with van der Waals surface area (Å²) in [5.41, 5.74) is 0.526. The minimum absolute atomic E-state index is 0.0316. The van der Waals surface area contributed by atoms with Crippen LogP contribution < -0.4 is 0 Å². The molecule has 1 aliphatic heterocycles. The van der Waals surface area contributed by atoms with Crippen LogP contribution in [-0.2, 0) is 14.6 Å². The Bertz CT molecular complexity index is 700. The molecule has 2 rings (SSSR count). The second-order valence-corrected chi connectivity index (χ2v) is 8.74. The van der Waals surface area contributed by atoms with Crippen molar-refractivity contribution in [3.05, 3.63) is 34.9 Å². The zero-order valence-corrected chi connectivity index (χ0v) is 15.3. The predicted molar refractivity (Wildman–Crippen MR) is 94.1 cm³/mol. The van der Waals surface area contributed by atoms with Gasteiger partial charge in [0, 0.05) is 36.0 Å². The van der Waals surface area contributed by atoms with Gasteiger partial charge in [-0.05, 0) is 37.1 Å². The summed E-state index contributed by atoms with van der Waals surface area (Å²) in [5, 5.41) is 0.555. The van der Waals surface area contributed by atoms with E-state index < -0.39 is 9.84 Å². The Balaban J connectivity index is 1.95. The number of nitrogens with zero attached hydrogens (tertiary/aromatic N) is 1. The van der Waals surface area contributed by atoms with E-state index >= 15 is 0 Å². The molecule has 5 nitrogen and oxygen atoms in total. The highest BCUT2D eigenvalue weighted by molar-refractivity contribution is 7.91. The Labute approximate surface area is 147 Å². The van der Waals surface area contributed by atoms with Gasteiger partial charge in [0.1, 0.15) is 0 Å². The van der Waals surface area contributed by atoms with Crippen molar-refractivity contribution in [3.63, 3.8) is 0 Å². The van der Waals surface area contributed by atoms with Crippen LogP contribution in [0.4, 0.5) is 0 Å². The van der Waals surface area contributed by atoms with Gasteiger partial charge in [0.15, 0.2) is 15.6 Å². The lowest BCUT2D eigenvalue weighted by atomic mass is 10.1. The number of sulfone groups is 1. The minimum atomic E-state index is -3.04. The molecule has 1 heterocycles. The number of halogens is 1. The molecular weight excluding hydrogens is 350 g/mol. The molecule has 24 heavy (non-hydrogen) atoms. The van der Waals surface area contributed by atoms with Crippen LogP contribution in [0, 0.1) is 0 Å². The van der Waals surface area contributed by atoms with Gasteiger partial charge in [0.2, 0.25) is 5.91 Å². The van der Waals surface area contributed by atoms with Gasteiger partial charge in [-0.15, -0.1) is 0 Å². The Morgan fingerprint density at radius 3 is 2.42 bits per heavy atom. The summed E-state index contributed by atoms with van der Waals surface area (Å²) in [4.78, 5) is 26.3. The SMILES string of the molecule is CCCN(C(=O)CCC(=O)c1ccc(Cl)cc1)C1CCS(=O)(=O)C1. The second kappa shape index (κ2) is 8.12. The summed E-state index contributed by atoms with van der Waals surface area (Å²) in [6.45, 7) is 2.47. The molecule has 1 unspecified atom stereocenters. The average molecular weight is 372 g/mol. The molecule has 1 fully saturated rings. The zero-order chi connectivity index (χ0) is 17.7. The monoisotopic (exact) mass is 371 g/mol. The van der Waals surface area contributed by atoms with Crippen LogP contribution in [0.5, 0.6) is 0 Å². The van der Waals surface area contributed by atoms with E-state index in [1.807, 2.05) is 6.92 Å². The fourth-order valence-corrected chi connectivity index (χ4v) is 4.77. The van der Waals surface area contributed by atoms with Crippen molar-refractivity contribution in [2.24, 2.45) is 0 Å².